The van der Waals surface area contributed by atoms with Crippen molar-refractivity contribution in [1.29, 1.82) is 0 Å². The van der Waals surface area contributed by atoms with E-state index < -0.39 is 0 Å². The van der Waals surface area contributed by atoms with Crippen molar-refractivity contribution in [3.8, 4) is 89.5 Å². The molecule has 0 spiro atoms. The highest BCUT2D eigenvalue weighted by atomic mass is 14.9. The van der Waals surface area contributed by atoms with Crippen LogP contribution in [0.15, 0.2) is 218 Å². The van der Waals surface area contributed by atoms with Gasteiger partial charge in [0.2, 0.25) is 0 Å². The summed E-state index contributed by atoms with van der Waals surface area (Å²) in [5, 5.41) is 2.33. The first-order valence-corrected chi connectivity index (χ1v) is 21.1. The van der Waals surface area contributed by atoms with Crippen molar-refractivity contribution in [3.63, 3.8) is 0 Å². The van der Waals surface area contributed by atoms with Gasteiger partial charge in [0.25, 0.3) is 0 Å². The lowest BCUT2D eigenvalue weighted by atomic mass is 9.82. The number of fused-ring (bicyclic) bond motifs is 4. The molecule has 2 heteroatoms. The van der Waals surface area contributed by atoms with Gasteiger partial charge in [0, 0.05) is 22.1 Å². The molecule has 0 fully saturated rings. The topological polar surface area (TPSA) is 25.8 Å². The third-order valence-electron chi connectivity index (χ3n) is 12.5. The van der Waals surface area contributed by atoms with Crippen LogP contribution in [0.4, 0.5) is 0 Å². The van der Waals surface area contributed by atoms with Crippen LogP contribution < -0.4 is 0 Å². The van der Waals surface area contributed by atoms with Gasteiger partial charge in [-0.25, -0.2) is 9.97 Å². The van der Waals surface area contributed by atoms with Gasteiger partial charge in [0.15, 0.2) is 5.82 Å². The third kappa shape index (κ3) is 6.54. The number of hydrogen-bond acceptors (Lipinski definition) is 2. The molecule has 1 aromatic heterocycles. The van der Waals surface area contributed by atoms with E-state index in [1.54, 1.807) is 0 Å². The fourth-order valence-corrected chi connectivity index (χ4v) is 9.36. The Hall–Kier alpha value is -7.68. The smallest absolute Gasteiger partial charge is 0.160 e. The van der Waals surface area contributed by atoms with Crippen LogP contribution in [0.1, 0.15) is 25.0 Å². The molecule has 0 N–H and O–H groups in total. The van der Waals surface area contributed by atoms with Gasteiger partial charge >= 0.3 is 0 Å². The van der Waals surface area contributed by atoms with Crippen LogP contribution >= 0.6 is 0 Å². The molecule has 9 aromatic carbocycles. The summed E-state index contributed by atoms with van der Waals surface area (Å²) in [6.07, 6.45) is 0. The van der Waals surface area contributed by atoms with E-state index in [0.717, 1.165) is 55.7 Å². The largest absolute Gasteiger partial charge is 0.228 e. The average molecular weight is 779 g/mol. The Balaban J connectivity index is 1.04. The molecule has 0 saturated carbocycles. The van der Waals surface area contributed by atoms with Crippen LogP contribution in [0.2, 0.25) is 0 Å². The molecule has 0 saturated heterocycles. The van der Waals surface area contributed by atoms with Crippen molar-refractivity contribution >= 4 is 10.8 Å². The maximum Gasteiger partial charge on any atom is 0.160 e. The summed E-state index contributed by atoms with van der Waals surface area (Å²) in [6, 6.07) is 78.6. The van der Waals surface area contributed by atoms with Crippen molar-refractivity contribution < 1.29 is 0 Å². The molecule has 2 nitrogen and oxygen atoms in total. The second-order valence-electron chi connectivity index (χ2n) is 16.6. The zero-order valence-electron chi connectivity index (χ0n) is 34.2. The minimum atomic E-state index is -0.0173. The molecule has 0 unspecified atom stereocenters. The summed E-state index contributed by atoms with van der Waals surface area (Å²) in [6.45, 7) is 4.67. The van der Waals surface area contributed by atoms with Crippen molar-refractivity contribution in [3.05, 3.63) is 230 Å². The Morgan fingerprint density at radius 2 is 0.770 bits per heavy atom. The van der Waals surface area contributed by atoms with Crippen LogP contribution in [0.25, 0.3) is 100 Å². The van der Waals surface area contributed by atoms with Crippen LogP contribution in [-0.4, -0.2) is 9.97 Å². The summed E-state index contributed by atoms with van der Waals surface area (Å²) in [4.78, 5) is 10.6. The highest BCUT2D eigenvalue weighted by molar-refractivity contribution is 6.05. The third-order valence-corrected chi connectivity index (χ3v) is 12.5. The zero-order chi connectivity index (χ0) is 40.9. The van der Waals surface area contributed by atoms with Crippen LogP contribution in [0.5, 0.6) is 0 Å². The number of hydrogen-bond donors (Lipinski definition) is 0. The standard InChI is InChI=1S/C59H42N2/c1-59(2)54-28-15-14-27-51(54)53-37-43(29-32-55(53)59)42-23-16-24-44(33-42)48-30-31-52(50-26-13-12-25-49(48)50)57-38-56(60-58(61-57)41-21-10-5-11-22-41)47-35-45(39-17-6-3-7-18-39)34-46(36-47)40-19-8-4-9-20-40/h3-38H,1-2H3. The normalized spacial score (nSPS) is 12.6. The molecular weight excluding hydrogens is 737 g/mol. The van der Waals surface area contributed by atoms with Crippen LogP contribution in [0, 0.1) is 0 Å². The van der Waals surface area contributed by atoms with Gasteiger partial charge in [0.05, 0.1) is 11.4 Å². The highest BCUT2D eigenvalue weighted by Gasteiger charge is 2.35. The second-order valence-corrected chi connectivity index (χ2v) is 16.6. The van der Waals surface area contributed by atoms with Gasteiger partial charge in [-0.3, -0.25) is 0 Å². The molecule has 0 aliphatic heterocycles. The average Bonchev–Trinajstić information content (AvgIpc) is 3.56. The molecule has 1 aliphatic carbocycles. The van der Waals surface area contributed by atoms with Gasteiger partial charge in [-0.05, 0) is 114 Å². The van der Waals surface area contributed by atoms with E-state index in [1.807, 2.05) is 6.07 Å². The van der Waals surface area contributed by atoms with E-state index in [0.29, 0.717) is 5.82 Å². The molecule has 1 heterocycles. The fraction of sp³-hybridized carbons (Fsp3) is 0.0508. The first kappa shape index (κ1) is 36.4. The van der Waals surface area contributed by atoms with Gasteiger partial charge in [-0.15, -0.1) is 0 Å². The van der Waals surface area contributed by atoms with Gasteiger partial charge in [-0.1, -0.05) is 196 Å². The van der Waals surface area contributed by atoms with E-state index >= 15 is 0 Å². The monoisotopic (exact) mass is 778 g/mol. The maximum absolute atomic E-state index is 5.31. The number of nitrogens with zero attached hydrogens (tertiary/aromatic N) is 2. The number of rotatable bonds is 7. The first-order valence-electron chi connectivity index (χ1n) is 21.1. The number of aromatic nitrogens is 2. The second kappa shape index (κ2) is 14.9. The molecule has 0 atom stereocenters. The quantitative estimate of drug-likeness (QED) is 0.161. The zero-order valence-corrected chi connectivity index (χ0v) is 34.2. The highest BCUT2D eigenvalue weighted by Crippen LogP contribution is 2.50. The predicted octanol–water partition coefficient (Wildman–Crippen LogP) is 15.6. The summed E-state index contributed by atoms with van der Waals surface area (Å²) < 4.78 is 0. The minimum Gasteiger partial charge on any atom is -0.228 e. The van der Waals surface area contributed by atoms with Crippen molar-refractivity contribution in [2.24, 2.45) is 0 Å². The molecule has 288 valence electrons. The molecule has 10 aromatic rings. The molecule has 0 amide bonds. The van der Waals surface area contributed by atoms with Gasteiger partial charge < -0.3 is 0 Å². The lowest BCUT2D eigenvalue weighted by Gasteiger charge is -2.21. The Labute approximate surface area is 357 Å². The molecule has 11 rings (SSSR count). The van der Waals surface area contributed by atoms with E-state index in [2.05, 4.69) is 226 Å². The summed E-state index contributed by atoms with van der Waals surface area (Å²) >= 11 is 0. The van der Waals surface area contributed by atoms with Crippen LogP contribution in [0.3, 0.4) is 0 Å². The van der Waals surface area contributed by atoms with Crippen molar-refractivity contribution in [2.75, 3.05) is 0 Å². The molecule has 0 bridgehead atoms. The fourth-order valence-electron chi connectivity index (χ4n) is 9.36. The minimum absolute atomic E-state index is 0.0173. The lowest BCUT2D eigenvalue weighted by molar-refractivity contribution is 0.660. The maximum atomic E-state index is 5.31. The van der Waals surface area contributed by atoms with Crippen molar-refractivity contribution in [2.45, 2.75) is 19.3 Å². The predicted molar refractivity (Wildman–Crippen MR) is 255 cm³/mol. The van der Waals surface area contributed by atoms with Crippen molar-refractivity contribution in [1.82, 2.24) is 9.97 Å². The Kier molecular flexibility index (Phi) is 8.86. The SMILES string of the molecule is CC1(C)c2ccccc2-c2cc(-c3cccc(-c4ccc(-c5cc(-c6cc(-c7ccccc7)cc(-c7ccccc7)c6)nc(-c6ccccc6)n5)c5ccccc45)c3)ccc21. The molecule has 61 heavy (non-hydrogen) atoms. The van der Waals surface area contributed by atoms with Gasteiger partial charge in [-0.2, -0.15) is 0 Å². The molecular formula is C59H42N2. The van der Waals surface area contributed by atoms with E-state index in [9.17, 15) is 0 Å². The summed E-state index contributed by atoms with van der Waals surface area (Å²) in [5.74, 6) is 0.695. The summed E-state index contributed by atoms with van der Waals surface area (Å²) in [5.41, 5.74) is 19.7. The van der Waals surface area contributed by atoms with Crippen LogP contribution in [-0.2, 0) is 5.41 Å². The lowest BCUT2D eigenvalue weighted by Crippen LogP contribution is -2.14. The molecule has 1 aliphatic rings. The van der Waals surface area contributed by atoms with E-state index in [4.69, 9.17) is 9.97 Å². The Bertz CT molecular complexity index is 3200. The Morgan fingerprint density at radius 1 is 0.279 bits per heavy atom. The van der Waals surface area contributed by atoms with Gasteiger partial charge in [0.1, 0.15) is 0 Å². The number of benzene rings is 9. The summed E-state index contributed by atoms with van der Waals surface area (Å²) in [7, 11) is 0. The van der Waals surface area contributed by atoms with E-state index in [-0.39, 0.29) is 5.41 Å². The Morgan fingerprint density at radius 3 is 1.48 bits per heavy atom. The van der Waals surface area contributed by atoms with E-state index in [1.165, 1.54) is 49.9 Å². The first-order chi connectivity index (χ1) is 30.0. The molecule has 0 radical (unpaired) electrons.